The maximum absolute atomic E-state index is 12.1. The largest absolute Gasteiger partial charge is 0.381 e. The summed E-state index contributed by atoms with van der Waals surface area (Å²) >= 11 is 8.22. The predicted octanol–water partition coefficient (Wildman–Crippen LogP) is 3.57. The van der Waals surface area contributed by atoms with E-state index in [0.717, 1.165) is 26.0 Å². The van der Waals surface area contributed by atoms with Gasteiger partial charge in [-0.05, 0) is 57.7 Å². The van der Waals surface area contributed by atoms with Gasteiger partial charge in [-0.15, -0.1) is 11.3 Å². The van der Waals surface area contributed by atoms with Gasteiger partial charge in [0.2, 0.25) is 0 Å². The molecule has 1 fully saturated rings. The zero-order valence-electron chi connectivity index (χ0n) is 9.39. The van der Waals surface area contributed by atoms with Crippen molar-refractivity contribution in [2.45, 2.75) is 25.3 Å². The molecule has 17 heavy (non-hydrogen) atoms. The van der Waals surface area contributed by atoms with Crippen molar-refractivity contribution in [3.63, 3.8) is 0 Å². The molecule has 6 heteroatoms. The van der Waals surface area contributed by atoms with E-state index in [4.69, 9.17) is 4.74 Å². The Morgan fingerprint density at radius 3 is 2.65 bits per heavy atom. The van der Waals surface area contributed by atoms with Gasteiger partial charge in [0.1, 0.15) is 0 Å². The molecule has 1 N–H and O–H groups in total. The molecule has 0 atom stereocenters. The van der Waals surface area contributed by atoms with E-state index >= 15 is 0 Å². The summed E-state index contributed by atoms with van der Waals surface area (Å²) in [5.74, 6) is -0.00852. The van der Waals surface area contributed by atoms with Gasteiger partial charge in [0, 0.05) is 23.2 Å². The molecule has 0 aliphatic carbocycles. The number of halogens is 2. The van der Waals surface area contributed by atoms with Crippen molar-refractivity contribution in [2.75, 3.05) is 13.2 Å². The second kappa shape index (κ2) is 5.38. The lowest BCUT2D eigenvalue weighted by molar-refractivity contribution is 0.0424. The number of amides is 1. The SMILES string of the molecule is CC1(NC(=O)c2cc(Br)c(Br)s2)CCOCC1. The van der Waals surface area contributed by atoms with E-state index in [1.165, 1.54) is 11.3 Å². The average Bonchev–Trinajstić information content (AvgIpc) is 2.60. The summed E-state index contributed by atoms with van der Waals surface area (Å²) in [7, 11) is 0. The quantitative estimate of drug-likeness (QED) is 0.848. The Labute approximate surface area is 121 Å². The number of thiophene rings is 1. The molecule has 2 rings (SSSR count). The second-order valence-corrected chi connectivity index (χ2v) is 7.58. The van der Waals surface area contributed by atoms with Crippen LogP contribution in [0.4, 0.5) is 0 Å². The Hall–Kier alpha value is 0.0900. The average molecular weight is 383 g/mol. The highest BCUT2D eigenvalue weighted by atomic mass is 79.9. The summed E-state index contributed by atoms with van der Waals surface area (Å²) in [6.45, 7) is 3.51. The lowest BCUT2D eigenvalue weighted by Crippen LogP contribution is -2.49. The number of carbonyl (C=O) groups excluding carboxylic acids is 1. The van der Waals surface area contributed by atoms with E-state index in [9.17, 15) is 4.79 Å². The van der Waals surface area contributed by atoms with E-state index in [1.54, 1.807) is 0 Å². The monoisotopic (exact) mass is 381 g/mol. The first-order valence-electron chi connectivity index (χ1n) is 5.35. The van der Waals surface area contributed by atoms with Gasteiger partial charge in [0.25, 0.3) is 5.91 Å². The van der Waals surface area contributed by atoms with E-state index in [-0.39, 0.29) is 11.4 Å². The van der Waals surface area contributed by atoms with Crippen LogP contribution in [-0.4, -0.2) is 24.7 Å². The highest BCUT2D eigenvalue weighted by Gasteiger charge is 2.29. The van der Waals surface area contributed by atoms with E-state index in [0.29, 0.717) is 13.2 Å². The van der Waals surface area contributed by atoms with Crippen LogP contribution in [0.1, 0.15) is 29.4 Å². The number of rotatable bonds is 2. The minimum atomic E-state index is -0.141. The van der Waals surface area contributed by atoms with Crippen LogP contribution in [0.2, 0.25) is 0 Å². The lowest BCUT2D eigenvalue weighted by Gasteiger charge is -2.34. The van der Waals surface area contributed by atoms with Gasteiger partial charge in [0.05, 0.1) is 8.66 Å². The third kappa shape index (κ3) is 3.30. The summed E-state index contributed by atoms with van der Waals surface area (Å²) in [5.41, 5.74) is -0.141. The van der Waals surface area contributed by atoms with Crippen molar-refractivity contribution in [1.29, 1.82) is 0 Å². The molecule has 1 aromatic heterocycles. The van der Waals surface area contributed by atoms with Gasteiger partial charge in [-0.25, -0.2) is 0 Å². The van der Waals surface area contributed by atoms with Gasteiger partial charge >= 0.3 is 0 Å². The van der Waals surface area contributed by atoms with Gasteiger partial charge in [-0.1, -0.05) is 0 Å². The van der Waals surface area contributed by atoms with Gasteiger partial charge < -0.3 is 10.1 Å². The van der Waals surface area contributed by atoms with Crippen LogP contribution in [0.25, 0.3) is 0 Å². The fraction of sp³-hybridized carbons (Fsp3) is 0.545. The number of hydrogen-bond acceptors (Lipinski definition) is 3. The topological polar surface area (TPSA) is 38.3 Å². The molecule has 2 heterocycles. The Morgan fingerprint density at radius 1 is 1.47 bits per heavy atom. The standard InChI is InChI=1S/C11H13Br2NO2S/c1-11(2-4-16-5-3-11)14-10(15)8-6-7(12)9(13)17-8/h6H,2-5H2,1H3,(H,14,15). The summed E-state index contributed by atoms with van der Waals surface area (Å²) in [6.07, 6.45) is 1.74. The molecule has 0 radical (unpaired) electrons. The molecular formula is C11H13Br2NO2S. The third-order valence-electron chi connectivity index (χ3n) is 2.88. The number of hydrogen-bond donors (Lipinski definition) is 1. The molecule has 0 bridgehead atoms. The molecule has 1 amide bonds. The van der Waals surface area contributed by atoms with Crippen molar-refractivity contribution < 1.29 is 9.53 Å². The van der Waals surface area contributed by atoms with Crippen molar-refractivity contribution in [1.82, 2.24) is 5.32 Å². The predicted molar refractivity (Wildman–Crippen MR) is 75.6 cm³/mol. The molecule has 94 valence electrons. The molecule has 1 aliphatic heterocycles. The minimum absolute atomic E-state index is 0.00852. The summed E-state index contributed by atoms with van der Waals surface area (Å²) in [5, 5.41) is 3.10. The molecule has 1 aliphatic rings. The molecule has 0 unspecified atom stereocenters. The summed E-state index contributed by atoms with van der Waals surface area (Å²) in [6, 6.07) is 1.84. The smallest absolute Gasteiger partial charge is 0.261 e. The number of nitrogens with one attached hydrogen (secondary N) is 1. The van der Waals surface area contributed by atoms with Crippen LogP contribution in [0.15, 0.2) is 14.3 Å². The van der Waals surface area contributed by atoms with E-state index in [1.807, 2.05) is 6.07 Å². The maximum atomic E-state index is 12.1. The molecule has 1 aromatic rings. The Kier molecular flexibility index (Phi) is 4.28. The fourth-order valence-electron chi connectivity index (χ4n) is 1.74. The lowest BCUT2D eigenvalue weighted by atomic mass is 9.92. The Morgan fingerprint density at radius 2 is 2.12 bits per heavy atom. The van der Waals surface area contributed by atoms with Crippen LogP contribution >= 0.6 is 43.2 Å². The van der Waals surface area contributed by atoms with Crippen molar-refractivity contribution >= 4 is 49.1 Å². The van der Waals surface area contributed by atoms with Crippen LogP contribution in [0.5, 0.6) is 0 Å². The van der Waals surface area contributed by atoms with Crippen molar-refractivity contribution in [3.05, 3.63) is 19.2 Å². The number of carbonyl (C=O) groups is 1. The first-order chi connectivity index (χ1) is 8.00. The van der Waals surface area contributed by atoms with Crippen LogP contribution in [0, 0.1) is 0 Å². The zero-order chi connectivity index (χ0) is 12.5. The van der Waals surface area contributed by atoms with Crippen LogP contribution in [0.3, 0.4) is 0 Å². The zero-order valence-corrected chi connectivity index (χ0v) is 13.4. The summed E-state index contributed by atoms with van der Waals surface area (Å²) in [4.78, 5) is 12.8. The highest BCUT2D eigenvalue weighted by Crippen LogP contribution is 2.32. The van der Waals surface area contributed by atoms with Gasteiger partial charge in [0.15, 0.2) is 0 Å². The second-order valence-electron chi connectivity index (χ2n) is 4.36. The van der Waals surface area contributed by atoms with Crippen LogP contribution in [-0.2, 0) is 4.74 Å². The summed E-state index contributed by atoms with van der Waals surface area (Å²) < 4.78 is 7.18. The maximum Gasteiger partial charge on any atom is 0.261 e. The first-order valence-corrected chi connectivity index (χ1v) is 7.75. The number of ether oxygens (including phenoxy) is 1. The van der Waals surface area contributed by atoms with Crippen LogP contribution < -0.4 is 5.32 Å². The third-order valence-corrected chi connectivity index (χ3v) is 6.14. The highest BCUT2D eigenvalue weighted by molar-refractivity contribution is 9.13. The van der Waals surface area contributed by atoms with Gasteiger partial charge in [-0.3, -0.25) is 4.79 Å². The first kappa shape index (κ1) is 13.5. The minimum Gasteiger partial charge on any atom is -0.381 e. The normalized spacial score (nSPS) is 19.0. The van der Waals surface area contributed by atoms with E-state index < -0.39 is 0 Å². The van der Waals surface area contributed by atoms with E-state index in [2.05, 4.69) is 44.1 Å². The Balaban J connectivity index is 2.05. The Bertz CT molecular complexity index is 408. The van der Waals surface area contributed by atoms with Gasteiger partial charge in [-0.2, -0.15) is 0 Å². The molecule has 1 saturated heterocycles. The molecular weight excluding hydrogens is 370 g/mol. The molecule has 0 saturated carbocycles. The fourth-order valence-corrected chi connectivity index (χ4v) is 3.67. The molecule has 3 nitrogen and oxygen atoms in total. The molecule has 0 spiro atoms. The van der Waals surface area contributed by atoms with Crippen molar-refractivity contribution in [3.8, 4) is 0 Å². The van der Waals surface area contributed by atoms with Crippen molar-refractivity contribution in [2.24, 2.45) is 0 Å². The molecule has 0 aromatic carbocycles.